The molecule has 2 aromatic carbocycles. The molecule has 3 aromatic rings. The van der Waals surface area contributed by atoms with Gasteiger partial charge in [-0.3, -0.25) is 24.1 Å². The lowest BCUT2D eigenvalue weighted by atomic mass is 10.1. The van der Waals surface area contributed by atoms with Crippen LogP contribution in [0.2, 0.25) is 10.0 Å². The number of amides is 3. The normalized spacial score (nSPS) is 12.9. The van der Waals surface area contributed by atoms with Crippen LogP contribution >= 0.6 is 46.6 Å². The highest BCUT2D eigenvalue weighted by Gasteiger charge is 2.34. The van der Waals surface area contributed by atoms with E-state index in [2.05, 4.69) is 5.32 Å². The molecular formula is C26H19Cl3F2N4O4S. The molecule has 0 unspecified atom stereocenters. The van der Waals surface area contributed by atoms with Gasteiger partial charge in [0.2, 0.25) is 12.3 Å². The molecule has 1 aliphatic rings. The van der Waals surface area contributed by atoms with Gasteiger partial charge in [0.25, 0.3) is 11.5 Å². The zero-order valence-electron chi connectivity index (χ0n) is 20.5. The van der Waals surface area contributed by atoms with E-state index in [1.54, 1.807) is 24.3 Å². The molecule has 1 aliphatic heterocycles. The minimum atomic E-state index is -3.91. The lowest BCUT2D eigenvalue weighted by Crippen LogP contribution is -2.32. The van der Waals surface area contributed by atoms with Crippen LogP contribution in [-0.2, 0) is 28.1 Å². The monoisotopic (exact) mass is 626 g/mol. The maximum atomic E-state index is 14.0. The Kier molecular flexibility index (Phi) is 8.89. The van der Waals surface area contributed by atoms with E-state index < -0.39 is 28.4 Å². The van der Waals surface area contributed by atoms with Crippen molar-refractivity contribution >= 4 is 70.5 Å². The molecule has 4 rings (SSSR count). The van der Waals surface area contributed by atoms with Gasteiger partial charge >= 0.3 is 5.38 Å². The van der Waals surface area contributed by atoms with Crippen LogP contribution in [0.4, 0.5) is 14.5 Å². The number of aromatic amines is 1. The van der Waals surface area contributed by atoms with Crippen LogP contribution in [0.1, 0.15) is 27.2 Å². The van der Waals surface area contributed by atoms with Crippen LogP contribution in [0, 0.1) is 0 Å². The molecule has 40 heavy (non-hydrogen) atoms. The quantitative estimate of drug-likeness (QED) is 0.195. The summed E-state index contributed by atoms with van der Waals surface area (Å²) in [5.74, 6) is -1.12. The largest absolute Gasteiger partial charge is 0.362 e. The lowest BCUT2D eigenvalue weighted by Gasteiger charge is -2.19. The minimum absolute atomic E-state index is 0.0671. The molecule has 14 heteroatoms. The smallest absolute Gasteiger partial charge is 0.356 e. The Hall–Kier alpha value is -3.38. The summed E-state index contributed by atoms with van der Waals surface area (Å²) >= 11 is 18.5. The summed E-state index contributed by atoms with van der Waals surface area (Å²) in [6.07, 6.45) is 3.00. The first kappa shape index (κ1) is 29.6. The third-order valence-corrected chi connectivity index (χ3v) is 8.13. The van der Waals surface area contributed by atoms with Gasteiger partial charge in [-0.1, -0.05) is 47.1 Å². The first-order valence-electron chi connectivity index (χ1n) is 11.4. The van der Waals surface area contributed by atoms with E-state index >= 15 is 0 Å². The van der Waals surface area contributed by atoms with Crippen molar-refractivity contribution < 1.29 is 23.2 Å². The predicted octanol–water partition coefficient (Wildman–Crippen LogP) is 5.50. The van der Waals surface area contributed by atoms with Gasteiger partial charge in [0, 0.05) is 47.9 Å². The van der Waals surface area contributed by atoms with Crippen LogP contribution in [0.15, 0.2) is 69.3 Å². The molecule has 1 aromatic heterocycles. The second-order valence-electron chi connectivity index (χ2n) is 8.46. The van der Waals surface area contributed by atoms with E-state index in [1.165, 1.54) is 41.3 Å². The number of H-pyrrole nitrogens is 1. The third kappa shape index (κ3) is 6.33. The number of anilines is 1. The van der Waals surface area contributed by atoms with Gasteiger partial charge in [-0.25, -0.2) is 0 Å². The number of hydrogen-bond donors (Lipinski definition) is 2. The van der Waals surface area contributed by atoms with Crippen LogP contribution in [0.3, 0.4) is 0 Å². The van der Waals surface area contributed by atoms with E-state index in [0.717, 1.165) is 23.4 Å². The zero-order valence-corrected chi connectivity index (χ0v) is 23.6. The third-order valence-electron chi connectivity index (χ3n) is 5.89. The van der Waals surface area contributed by atoms with Gasteiger partial charge in [-0.2, -0.15) is 8.78 Å². The summed E-state index contributed by atoms with van der Waals surface area (Å²) in [5.41, 5.74) is -0.455. The molecular weight excluding hydrogens is 609 g/mol. The number of alkyl halides is 3. The summed E-state index contributed by atoms with van der Waals surface area (Å²) in [5, 5.41) is -1.11. The number of carbonyl (C=O) groups excluding carboxylic acids is 3. The fourth-order valence-electron chi connectivity index (χ4n) is 3.92. The number of nitrogens with one attached hydrogen (secondary N) is 2. The zero-order chi connectivity index (χ0) is 29.2. The van der Waals surface area contributed by atoms with Crippen molar-refractivity contribution in [2.45, 2.75) is 28.3 Å². The topological polar surface area (TPSA) is 103 Å². The Morgan fingerprint density at radius 3 is 2.42 bits per heavy atom. The Morgan fingerprint density at radius 2 is 1.80 bits per heavy atom. The number of rotatable bonds is 8. The first-order chi connectivity index (χ1) is 18.9. The van der Waals surface area contributed by atoms with Crippen molar-refractivity contribution in [3.8, 4) is 0 Å². The summed E-state index contributed by atoms with van der Waals surface area (Å²) in [4.78, 5) is 54.5. The molecule has 208 valence electrons. The van der Waals surface area contributed by atoms with E-state index in [4.69, 9.17) is 34.8 Å². The highest BCUT2D eigenvalue weighted by molar-refractivity contribution is 7.99. The highest BCUT2D eigenvalue weighted by atomic mass is 35.5. The highest BCUT2D eigenvalue weighted by Crippen LogP contribution is 2.41. The minimum Gasteiger partial charge on any atom is -0.356 e. The van der Waals surface area contributed by atoms with Gasteiger partial charge in [-0.15, -0.1) is 0 Å². The fourth-order valence-corrected chi connectivity index (χ4v) is 5.66. The summed E-state index contributed by atoms with van der Waals surface area (Å²) < 4.78 is 27.9. The van der Waals surface area contributed by atoms with Gasteiger partial charge in [0.15, 0.2) is 0 Å². The first-order valence-corrected chi connectivity index (χ1v) is 13.4. The molecule has 2 heterocycles. The van der Waals surface area contributed by atoms with Gasteiger partial charge in [-0.05, 0) is 53.1 Å². The Morgan fingerprint density at radius 1 is 1.12 bits per heavy atom. The molecule has 2 N–H and O–H groups in total. The lowest BCUT2D eigenvalue weighted by molar-refractivity contribution is -0.116. The van der Waals surface area contributed by atoms with Crippen LogP contribution < -0.4 is 15.8 Å². The summed E-state index contributed by atoms with van der Waals surface area (Å²) in [6.45, 7) is 0.186. The molecule has 0 bridgehead atoms. The maximum Gasteiger partial charge on any atom is 0.362 e. The van der Waals surface area contributed by atoms with Crippen molar-refractivity contribution in [3.05, 3.63) is 97.5 Å². The molecule has 0 atom stereocenters. The number of aromatic nitrogens is 1. The SMILES string of the molecule is CNC(=O)/C=C\N(C=O)c1ccc2c(c1)CN(C(=O)c1c(Sc3c(Cl)cccc3Cl)cc(C(F)(F)Cl)[nH]c1=O)C2. The van der Waals surface area contributed by atoms with Crippen molar-refractivity contribution in [3.63, 3.8) is 0 Å². The average molecular weight is 628 g/mol. The van der Waals surface area contributed by atoms with Gasteiger partial charge in [0.05, 0.1) is 10.0 Å². The molecule has 0 saturated carbocycles. The average Bonchev–Trinajstić information content (AvgIpc) is 3.33. The number of carbonyl (C=O) groups is 3. The summed E-state index contributed by atoms with van der Waals surface area (Å²) in [6, 6.07) is 10.6. The van der Waals surface area contributed by atoms with Crippen molar-refractivity contribution in [2.24, 2.45) is 0 Å². The van der Waals surface area contributed by atoms with Crippen LogP contribution in [0.25, 0.3) is 0 Å². The number of likely N-dealkylation sites (N-methyl/N-ethyl adjacent to an activating group) is 1. The van der Waals surface area contributed by atoms with E-state index in [-0.39, 0.29) is 38.5 Å². The number of nitrogens with zero attached hydrogens (tertiary/aromatic N) is 2. The Bertz CT molecular complexity index is 1570. The second kappa shape index (κ2) is 12.0. The molecule has 3 amide bonds. The number of halogens is 5. The van der Waals surface area contributed by atoms with Crippen molar-refractivity contribution in [1.29, 1.82) is 0 Å². The second-order valence-corrected chi connectivity index (χ2v) is 10.8. The number of benzene rings is 2. The number of pyridine rings is 1. The predicted molar refractivity (Wildman–Crippen MR) is 149 cm³/mol. The summed E-state index contributed by atoms with van der Waals surface area (Å²) in [7, 11) is 1.45. The Balaban J connectivity index is 1.68. The maximum absolute atomic E-state index is 14.0. The molecule has 0 aliphatic carbocycles. The van der Waals surface area contributed by atoms with Crippen LogP contribution in [0.5, 0.6) is 0 Å². The molecule has 0 saturated heterocycles. The molecule has 8 nitrogen and oxygen atoms in total. The number of hydrogen-bond acceptors (Lipinski definition) is 5. The molecule has 0 fully saturated rings. The van der Waals surface area contributed by atoms with Crippen molar-refractivity contribution in [1.82, 2.24) is 15.2 Å². The fraction of sp³-hybridized carbons (Fsp3) is 0.154. The van der Waals surface area contributed by atoms with Gasteiger partial charge < -0.3 is 15.2 Å². The standard InChI is InChI=1S/C26H19Cl3F2N4O4S/c1-32-21(37)7-8-34(13-36)16-6-5-14-11-35(12-15(14)9-16)25(39)22-19(10-20(26(29,30)31)33-24(22)38)40-23-17(27)3-2-4-18(23)28/h2-10,13H,11-12H2,1H3,(H,32,37)(H,33,38)/b8-7-. The van der Waals surface area contributed by atoms with Crippen molar-refractivity contribution in [2.75, 3.05) is 11.9 Å². The molecule has 0 spiro atoms. The van der Waals surface area contributed by atoms with E-state index in [0.29, 0.717) is 17.7 Å². The van der Waals surface area contributed by atoms with Gasteiger partial charge in [0.1, 0.15) is 11.3 Å². The number of fused-ring (bicyclic) bond motifs is 1. The van der Waals surface area contributed by atoms with Crippen LogP contribution in [-0.4, -0.2) is 35.2 Å². The van der Waals surface area contributed by atoms with E-state index in [9.17, 15) is 28.0 Å². The molecule has 0 radical (unpaired) electrons. The van der Waals surface area contributed by atoms with E-state index in [1.807, 2.05) is 4.98 Å². The Labute approximate surface area is 245 Å².